The summed E-state index contributed by atoms with van der Waals surface area (Å²) in [6.07, 6.45) is 0. The van der Waals surface area contributed by atoms with E-state index in [1.54, 1.807) is 0 Å². The largest absolute Gasteiger partial charge is 0.455 e. The summed E-state index contributed by atoms with van der Waals surface area (Å²) in [4.78, 5) is 4.73. The average molecular weight is 809 g/mol. The molecule has 300 valence electrons. The van der Waals surface area contributed by atoms with Crippen molar-refractivity contribution in [2.24, 2.45) is 0 Å². The molecule has 1 aromatic heterocycles. The number of furan rings is 1. The molecule has 0 saturated heterocycles. The molecule has 0 unspecified atom stereocenters. The molecule has 0 amide bonds. The van der Waals surface area contributed by atoms with E-state index in [0.29, 0.717) is 0 Å². The molecule has 10 aromatic carbocycles. The number of aryl methyl sites for hydroxylation is 2. The Balaban J connectivity index is 1.11. The lowest BCUT2D eigenvalue weighted by Gasteiger charge is -2.27. The van der Waals surface area contributed by atoms with Crippen molar-refractivity contribution < 1.29 is 4.42 Å². The Morgan fingerprint density at radius 1 is 0.317 bits per heavy atom. The summed E-state index contributed by atoms with van der Waals surface area (Å²) in [6, 6.07) is 83.0. The molecule has 11 rings (SSSR count). The summed E-state index contributed by atoms with van der Waals surface area (Å²) in [7, 11) is 0. The van der Waals surface area contributed by atoms with E-state index < -0.39 is 0 Å². The van der Waals surface area contributed by atoms with E-state index in [9.17, 15) is 0 Å². The number of para-hydroxylation sites is 4. The van der Waals surface area contributed by atoms with Crippen LogP contribution in [0.1, 0.15) is 11.1 Å². The van der Waals surface area contributed by atoms with Crippen molar-refractivity contribution in [1.29, 1.82) is 0 Å². The van der Waals surface area contributed by atoms with Crippen molar-refractivity contribution in [2.45, 2.75) is 13.8 Å². The number of anilines is 6. The van der Waals surface area contributed by atoms with Crippen LogP contribution in [-0.4, -0.2) is 0 Å². The Morgan fingerprint density at radius 3 is 1.52 bits per heavy atom. The zero-order chi connectivity index (χ0) is 42.3. The van der Waals surface area contributed by atoms with Crippen LogP contribution in [0.3, 0.4) is 0 Å². The van der Waals surface area contributed by atoms with Crippen LogP contribution >= 0.6 is 0 Å². The molecule has 0 radical (unpaired) electrons. The molecule has 0 spiro atoms. The molecule has 0 aliphatic heterocycles. The number of benzene rings is 10. The molecule has 0 saturated carbocycles. The quantitative estimate of drug-likeness (QED) is 0.145. The fourth-order valence-corrected chi connectivity index (χ4v) is 9.25. The molecule has 0 atom stereocenters. The molecule has 11 aromatic rings. The van der Waals surface area contributed by atoms with E-state index in [-0.39, 0.29) is 0 Å². The van der Waals surface area contributed by atoms with Gasteiger partial charge in [0.1, 0.15) is 11.2 Å². The lowest BCUT2D eigenvalue weighted by molar-refractivity contribution is 0.670. The topological polar surface area (TPSA) is 19.6 Å². The Hall–Kier alpha value is -8.14. The van der Waals surface area contributed by atoms with Crippen LogP contribution < -0.4 is 9.80 Å². The molecule has 63 heavy (non-hydrogen) atoms. The van der Waals surface area contributed by atoms with Crippen LogP contribution in [0.2, 0.25) is 0 Å². The molecule has 0 aliphatic rings. The van der Waals surface area contributed by atoms with Crippen molar-refractivity contribution >= 4 is 66.8 Å². The number of nitrogens with zero attached hydrogens (tertiary/aromatic N) is 2. The second kappa shape index (κ2) is 16.0. The van der Waals surface area contributed by atoms with Gasteiger partial charge in [-0.3, -0.25) is 0 Å². The van der Waals surface area contributed by atoms with Gasteiger partial charge >= 0.3 is 0 Å². The van der Waals surface area contributed by atoms with Crippen LogP contribution in [0.15, 0.2) is 235 Å². The van der Waals surface area contributed by atoms with Gasteiger partial charge in [-0.05, 0) is 149 Å². The third-order valence-corrected chi connectivity index (χ3v) is 12.0. The van der Waals surface area contributed by atoms with Gasteiger partial charge in [0.25, 0.3) is 0 Å². The van der Waals surface area contributed by atoms with Crippen LogP contribution in [0.4, 0.5) is 34.1 Å². The minimum atomic E-state index is 0.888. The van der Waals surface area contributed by atoms with Gasteiger partial charge in [0.05, 0.1) is 5.69 Å². The highest BCUT2D eigenvalue weighted by molar-refractivity contribution is 6.10. The van der Waals surface area contributed by atoms with E-state index in [1.807, 2.05) is 6.07 Å². The molecule has 0 fully saturated rings. The van der Waals surface area contributed by atoms with Crippen LogP contribution in [0.5, 0.6) is 0 Å². The number of hydrogen-bond donors (Lipinski definition) is 0. The van der Waals surface area contributed by atoms with Gasteiger partial charge in [0, 0.05) is 50.2 Å². The van der Waals surface area contributed by atoms with E-state index in [1.165, 1.54) is 21.9 Å². The van der Waals surface area contributed by atoms with Crippen molar-refractivity contribution in [2.75, 3.05) is 9.80 Å². The molecular formula is C60H44N2O. The summed E-state index contributed by atoms with van der Waals surface area (Å²) in [5.74, 6) is 0. The molecular weight excluding hydrogens is 765 g/mol. The first-order chi connectivity index (χ1) is 31.0. The number of hydrogen-bond acceptors (Lipinski definition) is 3. The number of rotatable bonds is 9. The maximum Gasteiger partial charge on any atom is 0.143 e. The lowest BCUT2D eigenvalue weighted by Crippen LogP contribution is -2.10. The van der Waals surface area contributed by atoms with E-state index in [0.717, 1.165) is 89.4 Å². The van der Waals surface area contributed by atoms with Gasteiger partial charge in [-0.2, -0.15) is 0 Å². The highest BCUT2D eigenvalue weighted by Crippen LogP contribution is 2.44. The summed E-state index contributed by atoms with van der Waals surface area (Å²) in [5.41, 5.74) is 17.5. The van der Waals surface area contributed by atoms with Gasteiger partial charge in [-0.25, -0.2) is 0 Å². The molecule has 3 heteroatoms. The van der Waals surface area contributed by atoms with Crippen molar-refractivity contribution in [1.82, 2.24) is 0 Å². The third-order valence-electron chi connectivity index (χ3n) is 12.0. The van der Waals surface area contributed by atoms with E-state index >= 15 is 0 Å². The van der Waals surface area contributed by atoms with E-state index in [4.69, 9.17) is 4.42 Å². The first kappa shape index (κ1) is 37.8. The minimum Gasteiger partial charge on any atom is -0.455 e. The summed E-state index contributed by atoms with van der Waals surface area (Å²) in [6.45, 7) is 4.34. The third kappa shape index (κ3) is 7.20. The normalized spacial score (nSPS) is 11.3. The fourth-order valence-electron chi connectivity index (χ4n) is 9.25. The van der Waals surface area contributed by atoms with Gasteiger partial charge in [-0.1, -0.05) is 140 Å². The zero-order valence-corrected chi connectivity index (χ0v) is 35.2. The predicted molar refractivity (Wildman–Crippen MR) is 266 cm³/mol. The maximum absolute atomic E-state index is 6.67. The minimum absolute atomic E-state index is 0.888. The Morgan fingerprint density at radius 2 is 0.825 bits per heavy atom. The first-order valence-electron chi connectivity index (χ1n) is 21.6. The standard InChI is InChI=1S/C60H44N2O/c1-41-33-42(2)35-53(34-41)61(49-21-5-3-6-22-49)51-25-13-19-44(39-51)46-36-47(38-48(37-46)55-29-16-30-57-56-28-11-12-32-59(56)63-60(55)57)45-20-14-26-52(40-45)62(50-23-7-4-8-24-50)58-31-15-18-43-17-9-10-27-54(43)58/h3-40H,1-2H3. The highest BCUT2D eigenvalue weighted by Gasteiger charge is 2.19. The summed E-state index contributed by atoms with van der Waals surface area (Å²) in [5, 5.41) is 4.63. The van der Waals surface area contributed by atoms with E-state index in [2.05, 4.69) is 248 Å². The van der Waals surface area contributed by atoms with Gasteiger partial charge in [0.2, 0.25) is 0 Å². The number of fused-ring (bicyclic) bond motifs is 4. The second-order valence-corrected chi connectivity index (χ2v) is 16.4. The molecule has 0 aliphatic carbocycles. The van der Waals surface area contributed by atoms with Crippen LogP contribution in [0.25, 0.3) is 66.1 Å². The predicted octanol–water partition coefficient (Wildman–Crippen LogP) is 17.3. The zero-order valence-electron chi connectivity index (χ0n) is 35.2. The van der Waals surface area contributed by atoms with Gasteiger partial charge < -0.3 is 14.2 Å². The molecule has 1 heterocycles. The monoisotopic (exact) mass is 808 g/mol. The van der Waals surface area contributed by atoms with Gasteiger partial charge in [0.15, 0.2) is 0 Å². The Bertz CT molecular complexity index is 3420. The lowest BCUT2D eigenvalue weighted by atomic mass is 9.92. The second-order valence-electron chi connectivity index (χ2n) is 16.4. The Kier molecular flexibility index (Phi) is 9.63. The summed E-state index contributed by atoms with van der Waals surface area (Å²) < 4.78 is 6.67. The molecule has 0 bridgehead atoms. The maximum atomic E-state index is 6.67. The smallest absolute Gasteiger partial charge is 0.143 e. The molecule has 3 nitrogen and oxygen atoms in total. The van der Waals surface area contributed by atoms with Crippen molar-refractivity contribution in [3.63, 3.8) is 0 Å². The SMILES string of the molecule is Cc1cc(C)cc(N(c2ccccc2)c2cccc(-c3cc(-c4cccc(N(c5ccccc5)c5cccc6ccccc56)c4)cc(-c4cccc5c4oc4ccccc45)c3)c2)c1. The van der Waals surface area contributed by atoms with Gasteiger partial charge in [-0.15, -0.1) is 0 Å². The van der Waals surface area contributed by atoms with Crippen LogP contribution in [0, 0.1) is 13.8 Å². The van der Waals surface area contributed by atoms with Crippen molar-refractivity contribution in [3.8, 4) is 33.4 Å². The van der Waals surface area contributed by atoms with Crippen molar-refractivity contribution in [3.05, 3.63) is 242 Å². The van der Waals surface area contributed by atoms with Crippen LogP contribution in [-0.2, 0) is 0 Å². The Labute approximate surface area is 368 Å². The highest BCUT2D eigenvalue weighted by atomic mass is 16.3. The average Bonchev–Trinajstić information content (AvgIpc) is 3.71. The first-order valence-corrected chi connectivity index (χ1v) is 21.6. The molecule has 0 N–H and O–H groups in total. The fraction of sp³-hybridized carbons (Fsp3) is 0.0333. The summed E-state index contributed by atoms with van der Waals surface area (Å²) >= 11 is 0.